The lowest BCUT2D eigenvalue weighted by Crippen LogP contribution is -2.48. The number of hydrogen-bond donors (Lipinski definition) is 1. The number of aromatic nitrogens is 1. The zero-order valence-corrected chi connectivity index (χ0v) is 11.1. The smallest absolute Gasteiger partial charge is 0.417 e. The minimum atomic E-state index is -4.41. The first-order chi connectivity index (χ1) is 8.66. The van der Waals surface area contributed by atoms with E-state index >= 15 is 0 Å². The highest BCUT2D eigenvalue weighted by Gasteiger charge is 2.31. The monoisotopic (exact) mass is 294 g/mol. The first-order valence-corrected chi connectivity index (χ1v) is 6.19. The molecule has 0 amide bonds. The fourth-order valence-electron chi connectivity index (χ4n) is 1.15. The number of nitrogens with two attached hydrogens (primary N) is 1. The number of nitrogens with zero attached hydrogens (tertiary/aromatic N) is 1. The molecule has 0 fully saturated rings. The Morgan fingerprint density at radius 1 is 1.47 bits per heavy atom. The van der Waals surface area contributed by atoms with Crippen molar-refractivity contribution in [3.63, 3.8) is 0 Å². The number of hydrogen-bond acceptors (Lipinski definition) is 5. The molecule has 4 nitrogen and oxygen atoms in total. The minimum Gasteiger partial charge on any atom is -0.468 e. The quantitative estimate of drug-likeness (QED) is 0.680. The number of pyridine rings is 1. The normalized spacial score (nSPS) is 14.8. The zero-order valence-electron chi connectivity index (χ0n) is 10.3. The van der Waals surface area contributed by atoms with Gasteiger partial charge in [0.25, 0.3) is 0 Å². The predicted molar refractivity (Wildman–Crippen MR) is 64.6 cm³/mol. The average Bonchev–Trinajstić information content (AvgIpc) is 2.35. The predicted octanol–water partition coefficient (Wildman–Crippen LogP) is 2.08. The summed E-state index contributed by atoms with van der Waals surface area (Å²) in [5.41, 5.74) is 3.68. The molecule has 19 heavy (non-hydrogen) atoms. The molecule has 2 N–H and O–H groups in total. The van der Waals surface area contributed by atoms with E-state index in [2.05, 4.69) is 9.72 Å². The summed E-state index contributed by atoms with van der Waals surface area (Å²) < 4.78 is 41.5. The molecular weight excluding hydrogens is 281 g/mol. The summed E-state index contributed by atoms with van der Waals surface area (Å²) in [6.45, 7) is 1.48. The molecule has 8 heteroatoms. The van der Waals surface area contributed by atoms with Crippen molar-refractivity contribution in [2.75, 3.05) is 12.9 Å². The topological polar surface area (TPSA) is 65.2 Å². The van der Waals surface area contributed by atoms with Crippen LogP contribution in [0.4, 0.5) is 13.2 Å². The van der Waals surface area contributed by atoms with Crippen LogP contribution < -0.4 is 5.73 Å². The van der Waals surface area contributed by atoms with Crippen LogP contribution in [0.1, 0.15) is 12.5 Å². The van der Waals surface area contributed by atoms with Gasteiger partial charge in [-0.15, -0.1) is 11.8 Å². The van der Waals surface area contributed by atoms with Crippen LogP contribution in [-0.2, 0) is 15.7 Å². The Morgan fingerprint density at radius 2 is 2.11 bits per heavy atom. The molecule has 0 radical (unpaired) electrons. The Bertz CT molecular complexity index is 446. The maximum atomic E-state index is 12.3. The molecule has 1 aromatic rings. The standard InChI is InChI=1S/C11H13F3N2O2S/c1-10(15,9(17)18-2)6-19-8-4-3-7(5-16-8)11(12,13)14/h3-5H,6,15H2,1-2H3. The number of rotatable bonds is 4. The van der Waals surface area contributed by atoms with Crippen LogP contribution in [0.5, 0.6) is 0 Å². The summed E-state index contributed by atoms with van der Waals surface area (Å²) in [5, 5.41) is 0.355. The van der Waals surface area contributed by atoms with E-state index in [-0.39, 0.29) is 5.75 Å². The number of carbonyl (C=O) groups excluding carboxylic acids is 1. The number of ether oxygens (including phenoxy) is 1. The van der Waals surface area contributed by atoms with Gasteiger partial charge in [0.15, 0.2) is 0 Å². The van der Waals surface area contributed by atoms with E-state index < -0.39 is 23.2 Å². The number of methoxy groups -OCH3 is 1. The first-order valence-electron chi connectivity index (χ1n) is 5.20. The average molecular weight is 294 g/mol. The number of halogens is 3. The summed E-state index contributed by atoms with van der Waals surface area (Å²) in [6.07, 6.45) is -3.67. The highest BCUT2D eigenvalue weighted by atomic mass is 32.2. The van der Waals surface area contributed by atoms with E-state index in [4.69, 9.17) is 5.73 Å². The van der Waals surface area contributed by atoms with Crippen LogP contribution in [0.2, 0.25) is 0 Å². The molecule has 106 valence electrons. The van der Waals surface area contributed by atoms with Crippen molar-refractivity contribution in [3.8, 4) is 0 Å². The molecule has 0 saturated carbocycles. The van der Waals surface area contributed by atoms with Gasteiger partial charge in [0.2, 0.25) is 0 Å². The van der Waals surface area contributed by atoms with Gasteiger partial charge in [-0.25, -0.2) is 4.98 Å². The third-order valence-electron chi connectivity index (χ3n) is 2.24. The second-order valence-corrected chi connectivity index (χ2v) is 5.08. The van der Waals surface area contributed by atoms with Gasteiger partial charge in [-0.3, -0.25) is 4.79 Å². The van der Waals surface area contributed by atoms with Gasteiger partial charge in [0.05, 0.1) is 17.7 Å². The van der Waals surface area contributed by atoms with E-state index in [9.17, 15) is 18.0 Å². The van der Waals surface area contributed by atoms with Crippen LogP contribution in [0.3, 0.4) is 0 Å². The van der Waals surface area contributed by atoms with Crippen LogP contribution in [-0.4, -0.2) is 29.4 Å². The summed E-state index contributed by atoms with van der Waals surface area (Å²) >= 11 is 1.09. The third-order valence-corrected chi connectivity index (χ3v) is 3.52. The van der Waals surface area contributed by atoms with Gasteiger partial charge in [-0.05, 0) is 19.1 Å². The molecule has 0 aromatic carbocycles. The lowest BCUT2D eigenvalue weighted by atomic mass is 10.1. The summed E-state index contributed by atoms with van der Waals surface area (Å²) in [6, 6.07) is 2.17. The zero-order chi connectivity index (χ0) is 14.7. The molecule has 0 aliphatic heterocycles. The molecular formula is C11H13F3N2O2S. The maximum absolute atomic E-state index is 12.3. The maximum Gasteiger partial charge on any atom is 0.417 e. The fraction of sp³-hybridized carbons (Fsp3) is 0.455. The Balaban J connectivity index is 2.67. The number of alkyl halides is 3. The van der Waals surface area contributed by atoms with E-state index in [0.29, 0.717) is 5.03 Å². The molecule has 1 unspecified atom stereocenters. The van der Waals surface area contributed by atoms with Crippen molar-refractivity contribution >= 4 is 17.7 Å². The van der Waals surface area contributed by atoms with E-state index in [1.54, 1.807) is 0 Å². The largest absolute Gasteiger partial charge is 0.468 e. The van der Waals surface area contributed by atoms with Crippen LogP contribution >= 0.6 is 11.8 Å². The minimum absolute atomic E-state index is 0.151. The number of esters is 1. The van der Waals surface area contributed by atoms with Crippen molar-refractivity contribution in [3.05, 3.63) is 23.9 Å². The van der Waals surface area contributed by atoms with Gasteiger partial charge in [-0.1, -0.05) is 0 Å². The Hall–Kier alpha value is -1.28. The number of carbonyl (C=O) groups is 1. The molecule has 1 aromatic heterocycles. The van der Waals surface area contributed by atoms with Gasteiger partial charge in [-0.2, -0.15) is 13.2 Å². The van der Waals surface area contributed by atoms with E-state index in [0.717, 1.165) is 24.0 Å². The molecule has 0 aliphatic carbocycles. The summed E-state index contributed by atoms with van der Waals surface area (Å²) in [4.78, 5) is 15.0. The molecule has 0 bridgehead atoms. The van der Waals surface area contributed by atoms with Crippen molar-refractivity contribution in [2.24, 2.45) is 5.73 Å². The Morgan fingerprint density at radius 3 is 2.53 bits per heavy atom. The fourth-order valence-corrected chi connectivity index (χ4v) is 2.01. The molecule has 0 spiro atoms. The van der Waals surface area contributed by atoms with Gasteiger partial charge in [0, 0.05) is 11.9 Å². The molecule has 0 aliphatic rings. The van der Waals surface area contributed by atoms with Crippen LogP contribution in [0.25, 0.3) is 0 Å². The lowest BCUT2D eigenvalue weighted by molar-refractivity contribution is -0.145. The second-order valence-electron chi connectivity index (χ2n) is 4.08. The van der Waals surface area contributed by atoms with Gasteiger partial charge < -0.3 is 10.5 Å². The molecule has 0 saturated heterocycles. The highest BCUT2D eigenvalue weighted by molar-refractivity contribution is 7.99. The van der Waals surface area contributed by atoms with Crippen LogP contribution in [0, 0.1) is 0 Å². The van der Waals surface area contributed by atoms with E-state index in [1.165, 1.54) is 20.1 Å². The Labute approximate surface area is 112 Å². The van der Waals surface area contributed by atoms with Crippen molar-refractivity contribution in [1.29, 1.82) is 0 Å². The SMILES string of the molecule is COC(=O)C(C)(N)CSc1ccc(C(F)(F)F)cn1. The highest BCUT2D eigenvalue weighted by Crippen LogP contribution is 2.30. The van der Waals surface area contributed by atoms with Crippen LogP contribution in [0.15, 0.2) is 23.4 Å². The first kappa shape index (κ1) is 15.8. The van der Waals surface area contributed by atoms with E-state index in [1.807, 2.05) is 0 Å². The third kappa shape index (κ3) is 4.39. The molecule has 1 rings (SSSR count). The van der Waals surface area contributed by atoms with Crippen molar-refractivity contribution in [1.82, 2.24) is 4.98 Å². The second kappa shape index (κ2) is 5.79. The lowest BCUT2D eigenvalue weighted by Gasteiger charge is -2.20. The summed E-state index contributed by atoms with van der Waals surface area (Å²) in [5.74, 6) is -0.440. The van der Waals surface area contributed by atoms with Gasteiger partial charge >= 0.3 is 12.1 Å². The number of thioether (sulfide) groups is 1. The molecule has 1 heterocycles. The Kier molecular flexibility index (Phi) is 4.81. The molecule has 1 atom stereocenters. The van der Waals surface area contributed by atoms with Gasteiger partial charge in [0.1, 0.15) is 5.54 Å². The summed E-state index contributed by atoms with van der Waals surface area (Å²) in [7, 11) is 1.22. The van der Waals surface area contributed by atoms with Crippen molar-refractivity contribution < 1.29 is 22.7 Å². The van der Waals surface area contributed by atoms with Crippen molar-refractivity contribution in [2.45, 2.75) is 23.7 Å².